The summed E-state index contributed by atoms with van der Waals surface area (Å²) in [5.41, 5.74) is 5.79. The summed E-state index contributed by atoms with van der Waals surface area (Å²) >= 11 is 6.19. The highest BCUT2D eigenvalue weighted by molar-refractivity contribution is 7.93. The number of aryl methyl sites for hydroxylation is 2. The molecule has 3 aromatic carbocycles. The van der Waals surface area contributed by atoms with E-state index in [1.807, 2.05) is 31.3 Å². The van der Waals surface area contributed by atoms with Gasteiger partial charge in [0.25, 0.3) is 10.0 Å². The molecule has 1 aliphatic rings. The van der Waals surface area contributed by atoms with Gasteiger partial charge in [0.15, 0.2) is 0 Å². The standard InChI is InChI=1S/C30H33ClN4O2S/c1-4-21-17-22(18-23-19-32-30(34-29(21)23)33-24-10-6-5-7-11-24)26-15-14-25(16-20(26)2)35(3)38(36,37)28-13-9-8-12-27(28)31/h8-9,12-19,24H,4-7,10-11H2,1-3H3,(H,32,33,34). The molecule has 0 saturated heterocycles. The Hall–Kier alpha value is -3.16. The van der Waals surface area contributed by atoms with E-state index in [0.717, 1.165) is 39.6 Å². The van der Waals surface area contributed by atoms with Crippen molar-refractivity contribution >= 4 is 44.2 Å². The molecule has 198 valence electrons. The zero-order valence-corrected chi connectivity index (χ0v) is 23.6. The van der Waals surface area contributed by atoms with Crippen LogP contribution in [0.3, 0.4) is 0 Å². The van der Waals surface area contributed by atoms with Crippen LogP contribution < -0.4 is 9.62 Å². The molecule has 0 bridgehead atoms. The van der Waals surface area contributed by atoms with Crippen molar-refractivity contribution in [1.29, 1.82) is 0 Å². The second-order valence-electron chi connectivity index (χ2n) is 10.0. The van der Waals surface area contributed by atoms with E-state index in [4.69, 9.17) is 16.6 Å². The first-order valence-corrected chi connectivity index (χ1v) is 15.0. The molecular weight excluding hydrogens is 516 g/mol. The third-order valence-electron chi connectivity index (χ3n) is 7.44. The number of aromatic nitrogens is 2. The zero-order valence-electron chi connectivity index (χ0n) is 22.0. The van der Waals surface area contributed by atoms with Crippen molar-refractivity contribution in [3.05, 3.63) is 76.9 Å². The van der Waals surface area contributed by atoms with Crippen LogP contribution >= 0.6 is 11.6 Å². The predicted molar refractivity (Wildman–Crippen MR) is 157 cm³/mol. The van der Waals surface area contributed by atoms with Gasteiger partial charge >= 0.3 is 0 Å². The number of rotatable bonds is 7. The van der Waals surface area contributed by atoms with E-state index in [1.54, 1.807) is 25.2 Å². The molecule has 5 rings (SSSR count). The summed E-state index contributed by atoms with van der Waals surface area (Å²) in [5.74, 6) is 0.704. The van der Waals surface area contributed by atoms with Crippen molar-refractivity contribution in [3.8, 4) is 11.1 Å². The molecule has 0 amide bonds. The Morgan fingerprint density at radius 1 is 1.05 bits per heavy atom. The van der Waals surface area contributed by atoms with Gasteiger partial charge in [0, 0.05) is 24.7 Å². The predicted octanol–water partition coefficient (Wildman–Crippen LogP) is 7.39. The lowest BCUT2D eigenvalue weighted by Gasteiger charge is -2.23. The van der Waals surface area contributed by atoms with E-state index in [-0.39, 0.29) is 9.92 Å². The molecule has 1 fully saturated rings. The molecule has 1 N–H and O–H groups in total. The van der Waals surface area contributed by atoms with Gasteiger partial charge in [0.2, 0.25) is 5.95 Å². The normalized spacial score (nSPS) is 14.5. The molecule has 6 nitrogen and oxygen atoms in total. The summed E-state index contributed by atoms with van der Waals surface area (Å²) < 4.78 is 27.7. The SMILES string of the molecule is CCc1cc(-c2ccc(N(C)S(=O)(=O)c3ccccc3Cl)cc2C)cc2cnc(NC3CCCCC3)nc12. The van der Waals surface area contributed by atoms with Gasteiger partial charge in [-0.1, -0.05) is 56.0 Å². The highest BCUT2D eigenvalue weighted by Gasteiger charge is 2.24. The quantitative estimate of drug-likeness (QED) is 0.260. The Morgan fingerprint density at radius 3 is 2.53 bits per heavy atom. The van der Waals surface area contributed by atoms with Crippen LogP contribution in [0, 0.1) is 6.92 Å². The number of anilines is 2. The van der Waals surface area contributed by atoms with E-state index in [0.29, 0.717) is 17.7 Å². The van der Waals surface area contributed by atoms with Gasteiger partial charge in [0.05, 0.1) is 16.2 Å². The molecule has 1 aliphatic carbocycles. The zero-order chi connectivity index (χ0) is 26.9. The van der Waals surface area contributed by atoms with Crippen LogP contribution in [0.1, 0.15) is 50.2 Å². The van der Waals surface area contributed by atoms with Crippen molar-refractivity contribution < 1.29 is 8.42 Å². The molecule has 1 heterocycles. The molecule has 0 unspecified atom stereocenters. The molecule has 0 radical (unpaired) electrons. The molecule has 0 aliphatic heterocycles. The molecule has 8 heteroatoms. The summed E-state index contributed by atoms with van der Waals surface area (Å²) in [6, 6.07) is 17.0. The minimum absolute atomic E-state index is 0.0883. The van der Waals surface area contributed by atoms with E-state index in [1.165, 1.54) is 42.5 Å². The number of sulfonamides is 1. The van der Waals surface area contributed by atoms with Crippen LogP contribution in [0.15, 0.2) is 65.7 Å². The highest BCUT2D eigenvalue weighted by Crippen LogP contribution is 2.34. The second kappa shape index (κ2) is 10.9. The van der Waals surface area contributed by atoms with Gasteiger partial charge in [-0.3, -0.25) is 4.31 Å². The summed E-state index contributed by atoms with van der Waals surface area (Å²) in [4.78, 5) is 9.61. The van der Waals surface area contributed by atoms with Crippen LogP contribution in [0.4, 0.5) is 11.6 Å². The summed E-state index contributed by atoms with van der Waals surface area (Å²) in [5, 5.41) is 4.74. The number of halogens is 1. The third kappa shape index (κ3) is 5.22. The van der Waals surface area contributed by atoms with Crippen molar-refractivity contribution in [2.45, 2.75) is 63.3 Å². The van der Waals surface area contributed by atoms with Crippen molar-refractivity contribution in [2.75, 3.05) is 16.7 Å². The van der Waals surface area contributed by atoms with Gasteiger partial charge in [-0.2, -0.15) is 0 Å². The fourth-order valence-corrected chi connectivity index (χ4v) is 6.93. The van der Waals surface area contributed by atoms with Crippen molar-refractivity contribution in [3.63, 3.8) is 0 Å². The first-order chi connectivity index (χ1) is 18.3. The van der Waals surface area contributed by atoms with Crippen LogP contribution in [0.5, 0.6) is 0 Å². The lowest BCUT2D eigenvalue weighted by Crippen LogP contribution is -2.26. The van der Waals surface area contributed by atoms with E-state index in [9.17, 15) is 8.42 Å². The van der Waals surface area contributed by atoms with Gasteiger partial charge in [0.1, 0.15) is 4.90 Å². The minimum Gasteiger partial charge on any atom is -0.351 e. The van der Waals surface area contributed by atoms with E-state index < -0.39 is 10.0 Å². The molecule has 1 aromatic heterocycles. The lowest BCUT2D eigenvalue weighted by molar-refractivity contribution is 0.461. The Labute approximate surface area is 230 Å². The van der Waals surface area contributed by atoms with Crippen molar-refractivity contribution in [2.24, 2.45) is 0 Å². The van der Waals surface area contributed by atoms with Gasteiger partial charge < -0.3 is 5.32 Å². The first kappa shape index (κ1) is 26.4. The van der Waals surface area contributed by atoms with Crippen LogP contribution in [0.2, 0.25) is 5.02 Å². The van der Waals surface area contributed by atoms with E-state index >= 15 is 0 Å². The fourth-order valence-electron chi connectivity index (χ4n) is 5.25. The Kier molecular flexibility index (Phi) is 7.59. The van der Waals surface area contributed by atoms with Crippen LogP contribution in [-0.4, -0.2) is 31.5 Å². The Morgan fingerprint density at radius 2 is 1.82 bits per heavy atom. The second-order valence-corrected chi connectivity index (χ2v) is 12.3. The number of benzene rings is 3. The Bertz CT molecular complexity index is 1580. The average molecular weight is 549 g/mol. The maximum atomic E-state index is 13.2. The summed E-state index contributed by atoms with van der Waals surface area (Å²) in [6.07, 6.45) is 8.93. The minimum atomic E-state index is -3.79. The molecule has 4 aromatic rings. The van der Waals surface area contributed by atoms with Gasteiger partial charge in [-0.25, -0.2) is 18.4 Å². The maximum Gasteiger partial charge on any atom is 0.265 e. The topological polar surface area (TPSA) is 75.2 Å². The largest absolute Gasteiger partial charge is 0.351 e. The molecular formula is C30H33ClN4O2S. The highest BCUT2D eigenvalue weighted by atomic mass is 35.5. The van der Waals surface area contributed by atoms with Crippen molar-refractivity contribution in [1.82, 2.24) is 9.97 Å². The number of hydrogen-bond donors (Lipinski definition) is 1. The van der Waals surface area contributed by atoms with E-state index in [2.05, 4.69) is 29.4 Å². The maximum absolute atomic E-state index is 13.2. The number of fused-ring (bicyclic) bond motifs is 1. The number of nitrogens with zero attached hydrogens (tertiary/aromatic N) is 3. The lowest BCUT2D eigenvalue weighted by atomic mass is 9.95. The summed E-state index contributed by atoms with van der Waals surface area (Å²) in [7, 11) is -2.24. The smallest absolute Gasteiger partial charge is 0.265 e. The molecule has 38 heavy (non-hydrogen) atoms. The molecule has 0 spiro atoms. The van der Waals surface area contributed by atoms with Gasteiger partial charge in [-0.15, -0.1) is 0 Å². The summed E-state index contributed by atoms with van der Waals surface area (Å²) in [6.45, 7) is 4.14. The van der Waals surface area contributed by atoms with Crippen LogP contribution in [-0.2, 0) is 16.4 Å². The Balaban J connectivity index is 1.46. The average Bonchev–Trinajstić information content (AvgIpc) is 2.92. The third-order valence-corrected chi connectivity index (χ3v) is 9.73. The fraction of sp³-hybridized carbons (Fsp3) is 0.333. The first-order valence-electron chi connectivity index (χ1n) is 13.2. The van der Waals surface area contributed by atoms with Crippen LogP contribution in [0.25, 0.3) is 22.0 Å². The van der Waals surface area contributed by atoms with Gasteiger partial charge in [-0.05, 0) is 84.8 Å². The molecule has 1 saturated carbocycles. The molecule has 0 atom stereocenters. The number of hydrogen-bond acceptors (Lipinski definition) is 5. The monoisotopic (exact) mass is 548 g/mol. The number of nitrogens with one attached hydrogen (secondary N) is 1.